The van der Waals surface area contributed by atoms with Crippen molar-refractivity contribution < 1.29 is 9.53 Å². The van der Waals surface area contributed by atoms with Gasteiger partial charge < -0.3 is 10.1 Å². The van der Waals surface area contributed by atoms with E-state index in [4.69, 9.17) is 17.0 Å². The number of carbonyl (C=O) groups excluding carboxylic acids is 1. The van der Waals surface area contributed by atoms with E-state index in [1.165, 1.54) is 19.3 Å². The van der Waals surface area contributed by atoms with Crippen LogP contribution in [0.15, 0.2) is 60.3 Å². The number of amides is 1. The molecule has 4 nitrogen and oxygen atoms in total. The molecule has 28 heavy (non-hydrogen) atoms. The molecule has 4 rings (SSSR count). The van der Waals surface area contributed by atoms with Crippen LogP contribution in [0.1, 0.15) is 43.2 Å². The molecule has 2 aromatic carbocycles. The molecule has 1 saturated heterocycles. The fraction of sp³-hybridized carbons (Fsp3) is 0.304. The van der Waals surface area contributed by atoms with Gasteiger partial charge in [0.1, 0.15) is 18.1 Å². The molecule has 144 valence electrons. The summed E-state index contributed by atoms with van der Waals surface area (Å²) in [6.07, 6.45) is 7.52. The van der Waals surface area contributed by atoms with Gasteiger partial charge in [-0.3, -0.25) is 9.69 Å². The van der Waals surface area contributed by atoms with Crippen LogP contribution in [-0.4, -0.2) is 22.0 Å². The van der Waals surface area contributed by atoms with Crippen molar-refractivity contribution in [3.8, 4) is 5.75 Å². The van der Waals surface area contributed by atoms with E-state index in [-0.39, 0.29) is 11.9 Å². The van der Waals surface area contributed by atoms with E-state index in [0.717, 1.165) is 29.7 Å². The summed E-state index contributed by atoms with van der Waals surface area (Å²) in [5.74, 6) is 0.789. The predicted molar refractivity (Wildman–Crippen MR) is 115 cm³/mol. The Balaban J connectivity index is 1.41. The molecular weight excluding hydrogens is 368 g/mol. The van der Waals surface area contributed by atoms with Gasteiger partial charge in [0.15, 0.2) is 5.11 Å². The molecule has 1 aliphatic carbocycles. The molecule has 1 amide bonds. The Labute approximate surface area is 171 Å². The topological polar surface area (TPSA) is 41.6 Å². The summed E-state index contributed by atoms with van der Waals surface area (Å²) in [5, 5.41) is 3.63. The number of hydrogen-bond donors (Lipinski definition) is 1. The minimum absolute atomic E-state index is 0.0127. The minimum Gasteiger partial charge on any atom is -0.489 e. The summed E-state index contributed by atoms with van der Waals surface area (Å²) < 4.78 is 5.82. The molecule has 5 heteroatoms. The van der Waals surface area contributed by atoms with Crippen LogP contribution in [0.2, 0.25) is 0 Å². The van der Waals surface area contributed by atoms with Gasteiger partial charge >= 0.3 is 0 Å². The first kappa shape index (κ1) is 18.7. The first-order valence-electron chi connectivity index (χ1n) is 9.84. The molecule has 0 unspecified atom stereocenters. The van der Waals surface area contributed by atoms with Crippen molar-refractivity contribution in [1.82, 2.24) is 10.2 Å². The van der Waals surface area contributed by atoms with E-state index in [9.17, 15) is 4.79 Å². The van der Waals surface area contributed by atoms with Crippen LogP contribution in [0.3, 0.4) is 0 Å². The zero-order chi connectivity index (χ0) is 19.3. The van der Waals surface area contributed by atoms with Gasteiger partial charge in [0, 0.05) is 6.04 Å². The van der Waals surface area contributed by atoms with E-state index >= 15 is 0 Å². The molecule has 0 bridgehead atoms. The lowest BCUT2D eigenvalue weighted by molar-refractivity contribution is -0.124. The van der Waals surface area contributed by atoms with Crippen molar-refractivity contribution in [3.05, 3.63) is 71.4 Å². The highest BCUT2D eigenvalue weighted by Crippen LogP contribution is 2.27. The second kappa shape index (κ2) is 8.57. The maximum Gasteiger partial charge on any atom is 0.276 e. The third-order valence-corrected chi connectivity index (χ3v) is 5.59. The number of benzene rings is 2. The highest BCUT2D eigenvalue weighted by atomic mass is 32.1. The van der Waals surface area contributed by atoms with Gasteiger partial charge in [0.05, 0.1) is 0 Å². The number of nitrogens with zero attached hydrogens (tertiary/aromatic N) is 1. The number of rotatable bonds is 5. The maximum absolute atomic E-state index is 12.8. The molecule has 0 atom stereocenters. The van der Waals surface area contributed by atoms with Gasteiger partial charge in [0.2, 0.25) is 0 Å². The van der Waals surface area contributed by atoms with E-state index in [1.807, 2.05) is 60.7 Å². The van der Waals surface area contributed by atoms with Gasteiger partial charge in [-0.2, -0.15) is 0 Å². The second-order valence-corrected chi connectivity index (χ2v) is 7.69. The van der Waals surface area contributed by atoms with Crippen molar-refractivity contribution in [2.75, 3.05) is 0 Å². The van der Waals surface area contributed by atoms with Crippen LogP contribution in [0, 0.1) is 0 Å². The molecule has 1 N–H and O–H groups in total. The Hall–Kier alpha value is -2.66. The Kier molecular flexibility index (Phi) is 5.72. The van der Waals surface area contributed by atoms with Crippen LogP contribution in [0.5, 0.6) is 5.75 Å². The van der Waals surface area contributed by atoms with Gasteiger partial charge in [-0.25, -0.2) is 0 Å². The van der Waals surface area contributed by atoms with E-state index in [1.54, 1.807) is 4.90 Å². The van der Waals surface area contributed by atoms with Crippen LogP contribution < -0.4 is 10.1 Å². The van der Waals surface area contributed by atoms with E-state index in [2.05, 4.69) is 5.32 Å². The van der Waals surface area contributed by atoms with E-state index < -0.39 is 0 Å². The Morgan fingerprint density at radius 1 is 1.04 bits per heavy atom. The SMILES string of the molecule is O=C1/C(=C/c2ccc(OCc3ccccc3)cc2)NC(=S)N1C1CCCCC1. The monoisotopic (exact) mass is 392 g/mol. The van der Waals surface area contributed by atoms with Gasteiger partial charge in [-0.1, -0.05) is 61.7 Å². The molecule has 2 fully saturated rings. The van der Waals surface area contributed by atoms with Gasteiger partial charge in [-0.05, 0) is 54.4 Å². The normalized spacial score (nSPS) is 19.1. The van der Waals surface area contributed by atoms with Crippen molar-refractivity contribution in [3.63, 3.8) is 0 Å². The summed E-state index contributed by atoms with van der Waals surface area (Å²) in [6, 6.07) is 18.1. The number of nitrogens with one attached hydrogen (secondary N) is 1. The van der Waals surface area contributed by atoms with Gasteiger partial charge in [0.25, 0.3) is 5.91 Å². The number of thiocarbonyl (C=S) groups is 1. The summed E-state index contributed by atoms with van der Waals surface area (Å²) in [4.78, 5) is 14.6. The van der Waals surface area contributed by atoms with Crippen LogP contribution >= 0.6 is 12.2 Å². The highest BCUT2D eigenvalue weighted by molar-refractivity contribution is 7.80. The Morgan fingerprint density at radius 2 is 1.75 bits per heavy atom. The third kappa shape index (κ3) is 4.25. The Bertz CT molecular complexity index is 871. The molecular formula is C23H24N2O2S. The lowest BCUT2D eigenvalue weighted by Crippen LogP contribution is -2.41. The lowest BCUT2D eigenvalue weighted by Gasteiger charge is -2.29. The molecule has 0 spiro atoms. The third-order valence-electron chi connectivity index (χ3n) is 5.29. The van der Waals surface area contributed by atoms with Crippen molar-refractivity contribution in [1.29, 1.82) is 0 Å². The second-order valence-electron chi connectivity index (χ2n) is 7.30. The fourth-order valence-corrected chi connectivity index (χ4v) is 4.13. The van der Waals surface area contributed by atoms with Crippen molar-refractivity contribution >= 4 is 29.3 Å². The van der Waals surface area contributed by atoms with E-state index in [0.29, 0.717) is 17.4 Å². The fourth-order valence-electron chi connectivity index (χ4n) is 3.79. The highest BCUT2D eigenvalue weighted by Gasteiger charge is 2.36. The molecule has 1 aliphatic heterocycles. The predicted octanol–water partition coefficient (Wildman–Crippen LogP) is 4.66. The minimum atomic E-state index is -0.0127. The molecule has 1 saturated carbocycles. The summed E-state index contributed by atoms with van der Waals surface area (Å²) >= 11 is 5.43. The standard InChI is InChI=1S/C23H24N2O2S/c26-22-21(24-23(28)25(22)19-9-5-2-6-10-19)15-17-11-13-20(14-12-17)27-16-18-7-3-1-4-8-18/h1,3-4,7-8,11-15,19H,2,5-6,9-10,16H2,(H,24,28)/b21-15-. The molecule has 1 heterocycles. The first-order valence-corrected chi connectivity index (χ1v) is 10.2. The lowest BCUT2D eigenvalue weighted by atomic mass is 9.94. The number of carbonyl (C=O) groups is 1. The molecule has 2 aliphatic rings. The van der Waals surface area contributed by atoms with Crippen molar-refractivity contribution in [2.24, 2.45) is 0 Å². The maximum atomic E-state index is 12.8. The zero-order valence-corrected chi connectivity index (χ0v) is 16.6. The molecule has 0 radical (unpaired) electrons. The van der Waals surface area contributed by atoms with Crippen LogP contribution in [0.4, 0.5) is 0 Å². The summed E-state index contributed by atoms with van der Waals surface area (Å²) in [7, 11) is 0. The zero-order valence-electron chi connectivity index (χ0n) is 15.8. The molecule has 2 aromatic rings. The summed E-state index contributed by atoms with van der Waals surface area (Å²) in [5.41, 5.74) is 2.62. The smallest absolute Gasteiger partial charge is 0.276 e. The largest absolute Gasteiger partial charge is 0.489 e. The number of hydrogen-bond acceptors (Lipinski definition) is 3. The van der Waals surface area contributed by atoms with Crippen LogP contribution in [0.25, 0.3) is 6.08 Å². The average Bonchev–Trinajstić information content (AvgIpc) is 3.02. The quantitative estimate of drug-likeness (QED) is 0.594. The van der Waals surface area contributed by atoms with Gasteiger partial charge in [-0.15, -0.1) is 0 Å². The Morgan fingerprint density at radius 3 is 2.46 bits per heavy atom. The summed E-state index contributed by atoms with van der Waals surface area (Å²) in [6.45, 7) is 0.534. The first-order chi connectivity index (χ1) is 13.7. The molecule has 0 aromatic heterocycles. The number of ether oxygens (including phenoxy) is 1. The average molecular weight is 393 g/mol. The van der Waals surface area contributed by atoms with Crippen molar-refractivity contribution in [2.45, 2.75) is 44.8 Å². The van der Waals surface area contributed by atoms with Crippen LogP contribution in [-0.2, 0) is 11.4 Å².